The third kappa shape index (κ3) is 5.71. The molecule has 0 aliphatic carbocycles. The van der Waals surface area contributed by atoms with Crippen LogP contribution in [0.1, 0.15) is 35.5 Å². The predicted molar refractivity (Wildman–Crippen MR) is 123 cm³/mol. The molecule has 32 heavy (non-hydrogen) atoms. The Balaban J connectivity index is 1.62. The second kappa shape index (κ2) is 9.92. The van der Waals surface area contributed by atoms with Gasteiger partial charge in [-0.3, -0.25) is 14.4 Å². The molecule has 1 aromatic heterocycles. The van der Waals surface area contributed by atoms with E-state index >= 15 is 0 Å². The van der Waals surface area contributed by atoms with Gasteiger partial charge in [0.15, 0.2) is 5.13 Å². The number of hydrogen-bond acceptors (Lipinski definition) is 7. The van der Waals surface area contributed by atoms with Crippen LogP contribution >= 0.6 is 11.3 Å². The van der Waals surface area contributed by atoms with Crippen LogP contribution < -0.4 is 9.62 Å². The molecule has 0 aliphatic rings. The molecule has 0 unspecified atom stereocenters. The second-order valence-electron chi connectivity index (χ2n) is 6.96. The van der Waals surface area contributed by atoms with Crippen molar-refractivity contribution < 1.29 is 22.7 Å². The van der Waals surface area contributed by atoms with Crippen molar-refractivity contribution in [3.63, 3.8) is 0 Å². The summed E-state index contributed by atoms with van der Waals surface area (Å²) in [6.45, 7) is 5.67. The first kappa shape index (κ1) is 23.4. The minimum atomic E-state index is -3.78. The summed E-state index contributed by atoms with van der Waals surface area (Å²) < 4.78 is 32.9. The molecule has 2 aromatic carbocycles. The molecule has 8 nitrogen and oxygen atoms in total. The van der Waals surface area contributed by atoms with Gasteiger partial charge in [-0.15, -0.1) is 11.3 Å². The number of nitrogens with zero attached hydrogens (tertiary/aromatic N) is 2. The van der Waals surface area contributed by atoms with E-state index in [1.165, 1.54) is 47.4 Å². The first-order valence-corrected chi connectivity index (χ1v) is 12.1. The van der Waals surface area contributed by atoms with Crippen molar-refractivity contribution in [3.05, 3.63) is 70.7 Å². The Bertz CT molecular complexity index is 1200. The Hall–Kier alpha value is -3.24. The maximum atomic E-state index is 12.5. The lowest BCUT2D eigenvalue weighted by Gasteiger charge is -2.14. The Kier molecular flexibility index (Phi) is 7.26. The molecule has 0 saturated carbocycles. The van der Waals surface area contributed by atoms with Crippen molar-refractivity contribution in [2.45, 2.75) is 32.3 Å². The number of aryl methyl sites for hydroxylation is 1. The number of carbonyl (C=O) groups excluding carboxylic acids is 2. The maximum absolute atomic E-state index is 12.5. The van der Waals surface area contributed by atoms with Gasteiger partial charge in [0.25, 0.3) is 10.0 Å². The molecule has 3 aromatic rings. The van der Waals surface area contributed by atoms with E-state index in [0.717, 1.165) is 5.56 Å². The molecule has 0 bridgehead atoms. The fourth-order valence-corrected chi connectivity index (χ4v) is 4.78. The molecule has 10 heteroatoms. The van der Waals surface area contributed by atoms with E-state index < -0.39 is 16.0 Å². The summed E-state index contributed by atoms with van der Waals surface area (Å²) in [7, 11) is -3.78. The summed E-state index contributed by atoms with van der Waals surface area (Å²) in [5, 5.41) is 2.27. The molecule has 0 radical (unpaired) electrons. The van der Waals surface area contributed by atoms with Crippen LogP contribution in [0.25, 0.3) is 0 Å². The number of amides is 1. The lowest BCUT2D eigenvalue weighted by Crippen LogP contribution is -2.27. The van der Waals surface area contributed by atoms with Crippen LogP contribution in [0.15, 0.2) is 58.8 Å². The van der Waals surface area contributed by atoms with E-state index in [9.17, 15) is 18.0 Å². The Morgan fingerprint density at radius 1 is 1.09 bits per heavy atom. The first-order valence-electron chi connectivity index (χ1n) is 9.79. The molecular formula is C22H23N3O5S2. The summed E-state index contributed by atoms with van der Waals surface area (Å²) in [6, 6.07) is 12.5. The van der Waals surface area contributed by atoms with Crippen LogP contribution in [0.4, 0.5) is 10.8 Å². The number of ether oxygens (including phenoxy) is 1. The van der Waals surface area contributed by atoms with Gasteiger partial charge < -0.3 is 4.74 Å². The maximum Gasteiger partial charge on any atom is 0.338 e. The second-order valence-corrected chi connectivity index (χ2v) is 9.48. The number of esters is 1. The van der Waals surface area contributed by atoms with Crippen molar-refractivity contribution in [2.24, 2.45) is 0 Å². The van der Waals surface area contributed by atoms with E-state index in [0.29, 0.717) is 23.1 Å². The summed E-state index contributed by atoms with van der Waals surface area (Å²) in [4.78, 5) is 29.8. The number of hydrogen-bond donors (Lipinski definition) is 1. The fraction of sp³-hybridized carbons (Fsp3) is 0.227. The lowest BCUT2D eigenvalue weighted by atomic mass is 10.2. The third-order valence-corrected chi connectivity index (χ3v) is 6.83. The van der Waals surface area contributed by atoms with Crippen LogP contribution in [0.3, 0.4) is 0 Å². The molecule has 0 saturated heterocycles. The van der Waals surface area contributed by atoms with Crippen molar-refractivity contribution in [2.75, 3.05) is 16.2 Å². The number of anilines is 2. The van der Waals surface area contributed by atoms with Gasteiger partial charge in [0.2, 0.25) is 5.91 Å². The van der Waals surface area contributed by atoms with Gasteiger partial charge >= 0.3 is 5.97 Å². The summed E-state index contributed by atoms with van der Waals surface area (Å²) >= 11 is 1.29. The third-order valence-electron chi connectivity index (χ3n) is 4.52. The number of rotatable bonds is 8. The average molecular weight is 474 g/mol. The van der Waals surface area contributed by atoms with Gasteiger partial charge in [-0.1, -0.05) is 17.7 Å². The molecular weight excluding hydrogens is 450 g/mol. The molecule has 1 heterocycles. The van der Waals surface area contributed by atoms with Crippen molar-refractivity contribution in [1.29, 1.82) is 0 Å². The number of nitrogens with one attached hydrogen (secondary N) is 1. The standard InChI is InChI=1S/C22H23N3O5S2/c1-4-25(16(3)26)22-23-19(14-31-22)13-30-21(27)17-7-11-20(12-8-17)32(28,29)24-18-9-5-15(2)6-10-18/h5-12,14,24H,4,13H2,1-3H3. The molecule has 0 aliphatic heterocycles. The minimum Gasteiger partial charge on any atom is -0.456 e. The van der Waals surface area contributed by atoms with E-state index in [1.54, 1.807) is 17.5 Å². The number of sulfonamides is 1. The van der Waals surface area contributed by atoms with Gasteiger partial charge in [-0.25, -0.2) is 18.2 Å². The average Bonchev–Trinajstić information content (AvgIpc) is 3.22. The van der Waals surface area contributed by atoms with Crippen LogP contribution in [0.5, 0.6) is 0 Å². The number of thiazole rings is 1. The van der Waals surface area contributed by atoms with Crippen molar-refractivity contribution in [3.8, 4) is 0 Å². The largest absolute Gasteiger partial charge is 0.456 e. The Morgan fingerprint density at radius 3 is 2.34 bits per heavy atom. The molecule has 0 fully saturated rings. The Labute approximate surface area is 190 Å². The lowest BCUT2D eigenvalue weighted by molar-refractivity contribution is -0.116. The first-order chi connectivity index (χ1) is 15.2. The van der Waals surface area contributed by atoms with Gasteiger partial charge in [-0.2, -0.15) is 0 Å². The molecule has 0 spiro atoms. The zero-order valence-electron chi connectivity index (χ0n) is 17.9. The van der Waals surface area contributed by atoms with E-state index in [-0.39, 0.29) is 23.0 Å². The molecule has 0 atom stereocenters. The SMILES string of the molecule is CCN(C(C)=O)c1nc(COC(=O)c2ccc(S(=O)(=O)Nc3ccc(C)cc3)cc2)cs1. The smallest absolute Gasteiger partial charge is 0.338 e. The van der Waals surface area contributed by atoms with E-state index in [4.69, 9.17) is 4.74 Å². The number of carbonyl (C=O) groups is 2. The molecule has 1 N–H and O–H groups in total. The molecule has 168 valence electrons. The van der Waals surface area contributed by atoms with Gasteiger partial charge in [0, 0.05) is 24.5 Å². The van der Waals surface area contributed by atoms with Gasteiger partial charge in [0.1, 0.15) is 6.61 Å². The van der Waals surface area contributed by atoms with Crippen molar-refractivity contribution in [1.82, 2.24) is 4.98 Å². The van der Waals surface area contributed by atoms with Gasteiger partial charge in [0.05, 0.1) is 16.2 Å². The molecule has 1 amide bonds. The van der Waals surface area contributed by atoms with Crippen molar-refractivity contribution >= 4 is 44.1 Å². The van der Waals surface area contributed by atoms with Crippen LogP contribution in [0, 0.1) is 6.92 Å². The monoisotopic (exact) mass is 473 g/mol. The quantitative estimate of drug-likeness (QED) is 0.496. The number of benzene rings is 2. The molecule has 3 rings (SSSR count). The highest BCUT2D eigenvalue weighted by Gasteiger charge is 2.17. The highest BCUT2D eigenvalue weighted by atomic mass is 32.2. The van der Waals surface area contributed by atoms with E-state index in [2.05, 4.69) is 9.71 Å². The van der Waals surface area contributed by atoms with Crippen LogP contribution in [-0.4, -0.2) is 31.8 Å². The van der Waals surface area contributed by atoms with Gasteiger partial charge in [-0.05, 0) is 50.2 Å². The van der Waals surface area contributed by atoms with E-state index in [1.807, 2.05) is 26.0 Å². The predicted octanol–water partition coefficient (Wildman–Crippen LogP) is 3.98. The normalized spacial score (nSPS) is 11.1. The Morgan fingerprint density at radius 2 is 1.75 bits per heavy atom. The highest BCUT2D eigenvalue weighted by molar-refractivity contribution is 7.92. The number of aromatic nitrogens is 1. The highest BCUT2D eigenvalue weighted by Crippen LogP contribution is 2.22. The minimum absolute atomic E-state index is 0.0302. The zero-order chi connectivity index (χ0) is 23.3. The zero-order valence-corrected chi connectivity index (χ0v) is 19.5. The van der Waals surface area contributed by atoms with Crippen LogP contribution in [0.2, 0.25) is 0 Å². The summed E-state index contributed by atoms with van der Waals surface area (Å²) in [6.07, 6.45) is 0. The van der Waals surface area contributed by atoms with Crippen LogP contribution in [-0.2, 0) is 26.2 Å². The summed E-state index contributed by atoms with van der Waals surface area (Å²) in [5.41, 5.74) is 2.22. The summed E-state index contributed by atoms with van der Waals surface area (Å²) in [5.74, 6) is -0.716. The fourth-order valence-electron chi connectivity index (χ4n) is 2.81. The topological polar surface area (TPSA) is 106 Å².